The fraction of sp³-hybridized carbons (Fsp3) is 0.364. The van der Waals surface area contributed by atoms with E-state index in [4.69, 9.17) is 37.1 Å². The van der Waals surface area contributed by atoms with Crippen molar-refractivity contribution in [3.05, 3.63) is 28.1 Å². The Morgan fingerprint density at radius 1 is 1.18 bits per heavy atom. The molecule has 4 nitrogen and oxygen atoms in total. The first kappa shape index (κ1) is 11.3. The number of fused-ring (bicyclic) bond motifs is 1. The lowest BCUT2D eigenvalue weighted by Gasteiger charge is -2.19. The summed E-state index contributed by atoms with van der Waals surface area (Å²) in [6.45, 7) is 1.60. The van der Waals surface area contributed by atoms with E-state index in [-0.39, 0.29) is 6.10 Å². The Hall–Kier alpha value is -0.810. The molecule has 1 fully saturated rings. The molecule has 17 heavy (non-hydrogen) atoms. The molecule has 1 unspecified atom stereocenters. The number of ether oxygens (including phenoxy) is 2. The van der Waals surface area contributed by atoms with Crippen LogP contribution in [0.4, 0.5) is 0 Å². The second-order valence-corrected chi connectivity index (χ2v) is 4.53. The van der Waals surface area contributed by atoms with Crippen LogP contribution in [0.5, 0.6) is 0 Å². The summed E-state index contributed by atoms with van der Waals surface area (Å²) in [5.74, 6) is 0.498. The molecule has 0 aliphatic carbocycles. The Labute approximate surface area is 107 Å². The minimum atomic E-state index is -0.256. The quantitative estimate of drug-likeness (QED) is 0.800. The van der Waals surface area contributed by atoms with Gasteiger partial charge in [-0.3, -0.25) is 0 Å². The topological polar surface area (TPSA) is 44.5 Å². The molecule has 0 saturated carbocycles. The molecular formula is C11H9Cl2NO3. The monoisotopic (exact) mass is 273 g/mol. The normalized spacial score (nSPS) is 20.9. The van der Waals surface area contributed by atoms with Gasteiger partial charge in [0.25, 0.3) is 0 Å². The lowest BCUT2D eigenvalue weighted by Crippen LogP contribution is -2.22. The van der Waals surface area contributed by atoms with Crippen LogP contribution in [0.3, 0.4) is 0 Å². The van der Waals surface area contributed by atoms with Crippen LogP contribution < -0.4 is 0 Å². The van der Waals surface area contributed by atoms with E-state index in [0.29, 0.717) is 46.9 Å². The average Bonchev–Trinajstić information content (AvgIpc) is 2.74. The molecule has 0 radical (unpaired) electrons. The molecule has 3 rings (SSSR count). The molecule has 1 aliphatic rings. The number of hydrogen-bond acceptors (Lipinski definition) is 4. The van der Waals surface area contributed by atoms with Gasteiger partial charge in [-0.2, -0.15) is 0 Å². The van der Waals surface area contributed by atoms with Gasteiger partial charge in [0.2, 0.25) is 5.89 Å². The average molecular weight is 274 g/mol. The van der Waals surface area contributed by atoms with Crippen LogP contribution in [0.2, 0.25) is 10.0 Å². The SMILES string of the molecule is Clc1cc2nc(C3COCCO3)oc2cc1Cl. The van der Waals surface area contributed by atoms with E-state index in [1.807, 2.05) is 0 Å². The Kier molecular flexibility index (Phi) is 2.96. The van der Waals surface area contributed by atoms with Crippen molar-refractivity contribution in [3.8, 4) is 0 Å². The van der Waals surface area contributed by atoms with Gasteiger partial charge in [0, 0.05) is 6.07 Å². The molecule has 2 heterocycles. The molecule has 1 atom stereocenters. The van der Waals surface area contributed by atoms with Crippen LogP contribution >= 0.6 is 23.2 Å². The van der Waals surface area contributed by atoms with Crippen LogP contribution in [0.1, 0.15) is 12.0 Å². The molecule has 0 amide bonds. The van der Waals surface area contributed by atoms with Crippen molar-refractivity contribution in [1.29, 1.82) is 0 Å². The zero-order valence-electron chi connectivity index (χ0n) is 8.78. The van der Waals surface area contributed by atoms with E-state index in [1.165, 1.54) is 0 Å². The van der Waals surface area contributed by atoms with Gasteiger partial charge in [0.1, 0.15) is 5.52 Å². The number of halogens is 2. The van der Waals surface area contributed by atoms with E-state index in [1.54, 1.807) is 12.1 Å². The molecular weight excluding hydrogens is 265 g/mol. The van der Waals surface area contributed by atoms with Crippen molar-refractivity contribution < 1.29 is 13.9 Å². The highest BCUT2D eigenvalue weighted by Gasteiger charge is 2.22. The molecule has 2 aromatic rings. The summed E-state index contributed by atoms with van der Waals surface area (Å²) >= 11 is 11.8. The molecule has 90 valence electrons. The van der Waals surface area contributed by atoms with Crippen molar-refractivity contribution in [2.24, 2.45) is 0 Å². The highest BCUT2D eigenvalue weighted by molar-refractivity contribution is 6.42. The highest BCUT2D eigenvalue weighted by Crippen LogP contribution is 2.30. The summed E-state index contributed by atoms with van der Waals surface area (Å²) < 4.78 is 16.4. The van der Waals surface area contributed by atoms with Crippen molar-refractivity contribution in [1.82, 2.24) is 4.98 Å². The second kappa shape index (κ2) is 4.46. The molecule has 1 saturated heterocycles. The highest BCUT2D eigenvalue weighted by atomic mass is 35.5. The first-order chi connectivity index (χ1) is 8.24. The van der Waals surface area contributed by atoms with Crippen LogP contribution in [-0.2, 0) is 9.47 Å². The first-order valence-corrected chi connectivity index (χ1v) is 5.94. The molecule has 1 aromatic heterocycles. The molecule has 1 aromatic carbocycles. The number of aromatic nitrogens is 1. The van der Waals surface area contributed by atoms with Crippen molar-refractivity contribution in [2.75, 3.05) is 19.8 Å². The Morgan fingerprint density at radius 2 is 2.00 bits per heavy atom. The van der Waals surface area contributed by atoms with Crippen molar-refractivity contribution >= 4 is 34.3 Å². The summed E-state index contributed by atoms with van der Waals surface area (Å²) in [5.41, 5.74) is 1.27. The Balaban J connectivity index is 2.00. The molecule has 0 spiro atoms. The summed E-state index contributed by atoms with van der Waals surface area (Å²) in [7, 11) is 0. The van der Waals surface area contributed by atoms with Gasteiger partial charge >= 0.3 is 0 Å². The van der Waals surface area contributed by atoms with E-state index < -0.39 is 0 Å². The fourth-order valence-electron chi connectivity index (χ4n) is 1.71. The number of rotatable bonds is 1. The number of oxazole rings is 1. The van der Waals surface area contributed by atoms with E-state index in [2.05, 4.69) is 4.98 Å². The summed E-state index contributed by atoms with van der Waals surface area (Å²) in [4.78, 5) is 4.32. The number of hydrogen-bond donors (Lipinski definition) is 0. The minimum absolute atomic E-state index is 0.256. The van der Waals surface area contributed by atoms with Crippen LogP contribution in [-0.4, -0.2) is 24.8 Å². The largest absolute Gasteiger partial charge is 0.438 e. The summed E-state index contributed by atoms with van der Waals surface area (Å²) in [6, 6.07) is 3.33. The van der Waals surface area contributed by atoms with Gasteiger partial charge in [-0.1, -0.05) is 23.2 Å². The molecule has 1 aliphatic heterocycles. The van der Waals surface area contributed by atoms with Gasteiger partial charge in [0.05, 0.1) is 29.9 Å². The van der Waals surface area contributed by atoms with E-state index >= 15 is 0 Å². The third kappa shape index (κ3) is 2.13. The Morgan fingerprint density at radius 3 is 2.76 bits per heavy atom. The van der Waals surface area contributed by atoms with Crippen LogP contribution in [0, 0.1) is 0 Å². The van der Waals surface area contributed by atoms with E-state index in [9.17, 15) is 0 Å². The Bertz CT molecular complexity index is 510. The van der Waals surface area contributed by atoms with Crippen molar-refractivity contribution in [2.45, 2.75) is 6.10 Å². The smallest absolute Gasteiger partial charge is 0.227 e. The van der Waals surface area contributed by atoms with E-state index in [0.717, 1.165) is 0 Å². The maximum atomic E-state index is 5.91. The fourth-order valence-corrected chi connectivity index (χ4v) is 2.02. The molecule has 6 heteroatoms. The number of benzene rings is 1. The first-order valence-electron chi connectivity index (χ1n) is 5.19. The zero-order valence-corrected chi connectivity index (χ0v) is 10.3. The van der Waals surface area contributed by atoms with Gasteiger partial charge in [0.15, 0.2) is 11.7 Å². The summed E-state index contributed by atoms with van der Waals surface area (Å²) in [6.07, 6.45) is -0.256. The lowest BCUT2D eigenvalue weighted by molar-refractivity contribution is -0.0991. The second-order valence-electron chi connectivity index (χ2n) is 3.72. The van der Waals surface area contributed by atoms with Crippen LogP contribution in [0.15, 0.2) is 16.5 Å². The van der Waals surface area contributed by atoms with Crippen molar-refractivity contribution in [3.63, 3.8) is 0 Å². The third-order valence-electron chi connectivity index (χ3n) is 2.54. The zero-order chi connectivity index (χ0) is 11.8. The van der Waals surface area contributed by atoms with Gasteiger partial charge in [-0.15, -0.1) is 0 Å². The predicted octanol–water partition coefficient (Wildman–Crippen LogP) is 3.22. The maximum Gasteiger partial charge on any atom is 0.227 e. The third-order valence-corrected chi connectivity index (χ3v) is 3.26. The number of nitrogens with zero attached hydrogens (tertiary/aromatic N) is 1. The summed E-state index contributed by atoms with van der Waals surface area (Å²) in [5, 5.41) is 0.905. The standard InChI is InChI=1S/C11H9Cl2NO3/c12-6-3-8-9(4-7(6)13)17-11(14-8)10-5-15-1-2-16-10/h3-4,10H,1-2,5H2. The van der Waals surface area contributed by atoms with Gasteiger partial charge in [-0.05, 0) is 6.07 Å². The predicted molar refractivity (Wildman–Crippen MR) is 63.5 cm³/mol. The molecule has 0 bridgehead atoms. The van der Waals surface area contributed by atoms with Gasteiger partial charge in [-0.25, -0.2) is 4.98 Å². The minimum Gasteiger partial charge on any atom is -0.438 e. The maximum absolute atomic E-state index is 5.91. The molecule has 0 N–H and O–H groups in total. The lowest BCUT2D eigenvalue weighted by atomic mass is 10.3. The van der Waals surface area contributed by atoms with Crippen LogP contribution in [0.25, 0.3) is 11.1 Å². The van der Waals surface area contributed by atoms with Gasteiger partial charge < -0.3 is 13.9 Å².